The van der Waals surface area contributed by atoms with Crippen molar-refractivity contribution < 1.29 is 4.79 Å². The van der Waals surface area contributed by atoms with E-state index in [1.807, 2.05) is 18.2 Å². The molecule has 0 aliphatic carbocycles. The van der Waals surface area contributed by atoms with Gasteiger partial charge in [-0.2, -0.15) is 0 Å². The van der Waals surface area contributed by atoms with E-state index in [-0.39, 0.29) is 5.91 Å². The largest absolute Gasteiger partial charge is 0.300 e. The normalized spacial score (nSPS) is 18.2. The van der Waals surface area contributed by atoms with Crippen molar-refractivity contribution in [2.24, 2.45) is 4.99 Å². The third kappa shape index (κ3) is 3.51. The molecule has 2 heterocycles. The first kappa shape index (κ1) is 13.9. The number of benzene rings is 1. The topological polar surface area (TPSA) is 54.4 Å². The zero-order chi connectivity index (χ0) is 14.7. The summed E-state index contributed by atoms with van der Waals surface area (Å²) in [4.78, 5) is 21.0. The molecule has 0 bridgehead atoms. The summed E-state index contributed by atoms with van der Waals surface area (Å²) in [5, 5.41) is 3.93. The Bertz CT molecular complexity index is 726. The molecule has 1 aliphatic heterocycles. The highest BCUT2D eigenvalue weighted by Crippen LogP contribution is 2.27. The van der Waals surface area contributed by atoms with Crippen LogP contribution in [0.1, 0.15) is 5.69 Å². The Morgan fingerprint density at radius 2 is 2.00 bits per heavy atom. The highest BCUT2D eigenvalue weighted by atomic mass is 35.5. The molecule has 104 valence electrons. The van der Waals surface area contributed by atoms with E-state index in [0.29, 0.717) is 15.1 Å². The molecule has 1 aromatic carbocycles. The second-order valence-corrected chi connectivity index (χ2v) is 5.68. The van der Waals surface area contributed by atoms with Crippen molar-refractivity contribution in [3.8, 4) is 0 Å². The number of halogens is 1. The molecule has 1 aliphatic rings. The van der Waals surface area contributed by atoms with Crippen molar-refractivity contribution in [2.45, 2.75) is 0 Å². The van der Waals surface area contributed by atoms with Gasteiger partial charge in [-0.05, 0) is 54.2 Å². The van der Waals surface area contributed by atoms with Gasteiger partial charge >= 0.3 is 0 Å². The number of hydrogen-bond donors (Lipinski definition) is 1. The lowest BCUT2D eigenvalue weighted by Gasteiger charge is -1.96. The predicted octanol–water partition coefficient (Wildman–Crippen LogP) is 3.63. The Kier molecular flexibility index (Phi) is 4.03. The minimum absolute atomic E-state index is 0.168. The Morgan fingerprint density at radius 3 is 2.71 bits per heavy atom. The van der Waals surface area contributed by atoms with Crippen LogP contribution in [0.3, 0.4) is 0 Å². The standard InChI is InChI=1S/C15H10ClN3OS/c16-10-4-6-11(7-5-10)18-15-19-14(20)13(21-15)9-12-3-1-2-8-17-12/h1-9H,(H,18,19,20)/b13-9-. The van der Waals surface area contributed by atoms with E-state index in [1.165, 1.54) is 11.8 Å². The molecule has 2 aromatic rings. The second-order valence-electron chi connectivity index (χ2n) is 4.21. The average molecular weight is 316 g/mol. The lowest BCUT2D eigenvalue weighted by Crippen LogP contribution is -2.19. The summed E-state index contributed by atoms with van der Waals surface area (Å²) in [6.07, 6.45) is 3.43. The molecule has 4 nitrogen and oxygen atoms in total. The lowest BCUT2D eigenvalue weighted by molar-refractivity contribution is -0.115. The molecule has 1 aromatic heterocycles. The van der Waals surface area contributed by atoms with E-state index in [9.17, 15) is 4.79 Å². The fourth-order valence-corrected chi connectivity index (χ4v) is 2.66. The van der Waals surface area contributed by atoms with Crippen LogP contribution in [0.5, 0.6) is 0 Å². The van der Waals surface area contributed by atoms with Gasteiger partial charge in [0.2, 0.25) is 0 Å². The SMILES string of the molecule is O=C1NC(=Nc2ccc(Cl)cc2)S/C1=C\c1ccccn1. The zero-order valence-electron chi connectivity index (χ0n) is 10.8. The number of nitrogens with one attached hydrogen (secondary N) is 1. The Hall–Kier alpha value is -2.11. The molecule has 1 N–H and O–H groups in total. The fourth-order valence-electron chi connectivity index (χ4n) is 1.71. The number of pyridine rings is 1. The minimum Gasteiger partial charge on any atom is -0.300 e. The third-order valence-electron chi connectivity index (χ3n) is 2.67. The number of amides is 1. The van der Waals surface area contributed by atoms with Crippen molar-refractivity contribution in [3.05, 3.63) is 64.3 Å². The molecule has 1 amide bonds. The first-order valence-corrected chi connectivity index (χ1v) is 7.36. The number of rotatable bonds is 2. The number of hydrogen-bond acceptors (Lipinski definition) is 4. The van der Waals surface area contributed by atoms with Gasteiger partial charge in [0.05, 0.1) is 16.3 Å². The molecular formula is C15H10ClN3OS. The van der Waals surface area contributed by atoms with Gasteiger partial charge < -0.3 is 5.32 Å². The maximum atomic E-state index is 11.9. The predicted molar refractivity (Wildman–Crippen MR) is 86.5 cm³/mol. The lowest BCUT2D eigenvalue weighted by atomic mass is 10.3. The summed E-state index contributed by atoms with van der Waals surface area (Å²) >= 11 is 7.12. The van der Waals surface area contributed by atoms with Crippen molar-refractivity contribution in [3.63, 3.8) is 0 Å². The van der Waals surface area contributed by atoms with E-state index in [2.05, 4.69) is 15.3 Å². The molecule has 0 unspecified atom stereocenters. The summed E-state index contributed by atoms with van der Waals surface area (Å²) in [6.45, 7) is 0. The summed E-state index contributed by atoms with van der Waals surface area (Å²) in [7, 11) is 0. The van der Waals surface area contributed by atoms with Crippen molar-refractivity contribution in [1.82, 2.24) is 10.3 Å². The van der Waals surface area contributed by atoms with Crippen molar-refractivity contribution in [2.75, 3.05) is 0 Å². The Labute approximate surface area is 131 Å². The first-order valence-electron chi connectivity index (χ1n) is 6.17. The van der Waals surface area contributed by atoms with Gasteiger partial charge in [0.25, 0.3) is 5.91 Å². The van der Waals surface area contributed by atoms with Crippen molar-refractivity contribution in [1.29, 1.82) is 0 Å². The van der Waals surface area contributed by atoms with Crippen LogP contribution in [0.25, 0.3) is 6.08 Å². The molecule has 1 saturated heterocycles. The van der Waals surface area contributed by atoms with Crippen LogP contribution in [0, 0.1) is 0 Å². The number of thioether (sulfide) groups is 1. The summed E-state index contributed by atoms with van der Waals surface area (Å²) in [5.74, 6) is -0.168. The average Bonchev–Trinajstić information content (AvgIpc) is 2.82. The molecule has 0 radical (unpaired) electrons. The second kappa shape index (κ2) is 6.11. The number of carbonyl (C=O) groups is 1. The zero-order valence-corrected chi connectivity index (χ0v) is 12.4. The molecule has 0 saturated carbocycles. The van der Waals surface area contributed by atoms with Crippen LogP contribution >= 0.6 is 23.4 Å². The van der Waals surface area contributed by atoms with Crippen LogP contribution in [0.15, 0.2) is 58.6 Å². The Balaban J connectivity index is 1.81. The van der Waals surface area contributed by atoms with Gasteiger partial charge in [-0.3, -0.25) is 9.78 Å². The van der Waals surface area contributed by atoms with Gasteiger partial charge in [-0.1, -0.05) is 17.7 Å². The molecule has 0 atom stereocenters. The molecule has 3 rings (SSSR count). The maximum Gasteiger partial charge on any atom is 0.264 e. The first-order chi connectivity index (χ1) is 10.2. The van der Waals surface area contributed by atoms with E-state index in [4.69, 9.17) is 11.6 Å². The molecule has 1 fully saturated rings. The van der Waals surface area contributed by atoms with Gasteiger partial charge in [0.15, 0.2) is 5.17 Å². The quantitative estimate of drug-likeness (QED) is 0.861. The van der Waals surface area contributed by atoms with Crippen LogP contribution < -0.4 is 5.32 Å². The van der Waals surface area contributed by atoms with Crippen LogP contribution in [0.4, 0.5) is 5.69 Å². The number of aliphatic imine (C=N–C) groups is 1. The smallest absolute Gasteiger partial charge is 0.264 e. The number of aromatic nitrogens is 1. The highest BCUT2D eigenvalue weighted by molar-refractivity contribution is 8.18. The monoisotopic (exact) mass is 315 g/mol. The van der Waals surface area contributed by atoms with Gasteiger partial charge in [-0.15, -0.1) is 0 Å². The summed E-state index contributed by atoms with van der Waals surface area (Å²) in [5.41, 5.74) is 1.48. The van der Waals surface area contributed by atoms with Gasteiger partial charge in [-0.25, -0.2) is 4.99 Å². The molecular weight excluding hydrogens is 306 g/mol. The van der Waals surface area contributed by atoms with Crippen molar-refractivity contribution >= 4 is 46.2 Å². The number of carbonyl (C=O) groups excluding carboxylic acids is 1. The maximum absolute atomic E-state index is 11.9. The van der Waals surface area contributed by atoms with Crippen LogP contribution in [-0.4, -0.2) is 16.1 Å². The summed E-state index contributed by atoms with van der Waals surface area (Å²) < 4.78 is 0. The molecule has 6 heteroatoms. The number of nitrogens with zero attached hydrogens (tertiary/aromatic N) is 2. The highest BCUT2D eigenvalue weighted by Gasteiger charge is 2.23. The fraction of sp³-hybridized carbons (Fsp3) is 0. The van der Waals surface area contributed by atoms with E-state index in [1.54, 1.807) is 36.5 Å². The van der Waals surface area contributed by atoms with Crippen LogP contribution in [-0.2, 0) is 4.79 Å². The van der Waals surface area contributed by atoms with E-state index >= 15 is 0 Å². The third-order valence-corrected chi connectivity index (χ3v) is 3.84. The minimum atomic E-state index is -0.168. The number of amidine groups is 1. The van der Waals surface area contributed by atoms with E-state index < -0.39 is 0 Å². The van der Waals surface area contributed by atoms with Gasteiger partial charge in [0, 0.05) is 11.2 Å². The van der Waals surface area contributed by atoms with E-state index in [0.717, 1.165) is 11.4 Å². The van der Waals surface area contributed by atoms with Crippen LogP contribution in [0.2, 0.25) is 5.02 Å². The molecule has 0 spiro atoms. The van der Waals surface area contributed by atoms with Gasteiger partial charge in [0.1, 0.15) is 0 Å². The Morgan fingerprint density at radius 1 is 1.19 bits per heavy atom. The molecule has 21 heavy (non-hydrogen) atoms. The summed E-state index contributed by atoms with van der Waals surface area (Å²) in [6, 6.07) is 12.6.